The van der Waals surface area contributed by atoms with Crippen molar-refractivity contribution in [3.63, 3.8) is 0 Å². The molecule has 1 heterocycles. The molecule has 0 saturated carbocycles. The van der Waals surface area contributed by atoms with Gasteiger partial charge in [-0.2, -0.15) is 5.10 Å². The van der Waals surface area contributed by atoms with E-state index in [0.717, 1.165) is 42.0 Å². The molecule has 1 aromatic heterocycles. The number of carbonyl (C=O) groups excluding carboxylic acids is 1. The average Bonchev–Trinajstić information content (AvgIpc) is 2.91. The van der Waals surface area contributed by atoms with E-state index in [9.17, 15) is 4.79 Å². The van der Waals surface area contributed by atoms with E-state index in [1.165, 1.54) is 5.56 Å². The molecule has 136 valence electrons. The van der Waals surface area contributed by atoms with Gasteiger partial charge in [-0.1, -0.05) is 58.2 Å². The topological polar surface area (TPSA) is 46.9 Å². The molecule has 0 bridgehead atoms. The number of amides is 1. The lowest BCUT2D eigenvalue weighted by atomic mass is 9.92. The monoisotopic (exact) mass is 341 g/mol. The van der Waals surface area contributed by atoms with Crippen LogP contribution in [0.3, 0.4) is 0 Å². The van der Waals surface area contributed by atoms with Gasteiger partial charge < -0.3 is 5.32 Å². The van der Waals surface area contributed by atoms with E-state index in [2.05, 4.69) is 65.1 Å². The molecule has 4 nitrogen and oxygen atoms in total. The van der Waals surface area contributed by atoms with Crippen molar-refractivity contribution in [3.8, 4) is 5.69 Å². The fraction of sp³-hybridized carbons (Fsp3) is 0.524. The lowest BCUT2D eigenvalue weighted by Gasteiger charge is -2.14. The maximum absolute atomic E-state index is 12.3. The van der Waals surface area contributed by atoms with Gasteiger partial charge >= 0.3 is 0 Å². The van der Waals surface area contributed by atoms with Crippen LogP contribution in [-0.2, 0) is 10.2 Å². The number of hydrogen-bond donors (Lipinski definition) is 1. The number of nitrogens with one attached hydrogen (secondary N) is 1. The molecule has 0 spiro atoms. The SMILES string of the molecule is CCCCCC(=O)Nc1cc(C(C)(C)C)nn1-c1ccc(C)cc1C. The van der Waals surface area contributed by atoms with Crippen LogP contribution in [0.4, 0.5) is 5.82 Å². The highest BCUT2D eigenvalue weighted by Gasteiger charge is 2.22. The number of aromatic nitrogens is 2. The van der Waals surface area contributed by atoms with Gasteiger partial charge in [-0.05, 0) is 31.9 Å². The van der Waals surface area contributed by atoms with Crippen molar-refractivity contribution < 1.29 is 4.79 Å². The molecule has 0 aliphatic carbocycles. The second-order valence-electron chi connectivity index (χ2n) is 7.87. The molecule has 1 aromatic carbocycles. The number of unbranched alkanes of at least 4 members (excludes halogenated alkanes) is 2. The fourth-order valence-electron chi connectivity index (χ4n) is 2.80. The first-order chi connectivity index (χ1) is 11.7. The fourth-order valence-corrected chi connectivity index (χ4v) is 2.80. The predicted octanol–water partition coefficient (Wildman–Crippen LogP) is 5.31. The first kappa shape index (κ1) is 19.2. The smallest absolute Gasteiger partial charge is 0.225 e. The Morgan fingerprint density at radius 1 is 1.16 bits per heavy atom. The zero-order valence-electron chi connectivity index (χ0n) is 16.4. The molecule has 2 rings (SSSR count). The van der Waals surface area contributed by atoms with Crippen molar-refractivity contribution in [2.24, 2.45) is 0 Å². The number of nitrogens with zero attached hydrogens (tertiary/aromatic N) is 2. The normalized spacial score (nSPS) is 11.6. The number of carbonyl (C=O) groups is 1. The molecule has 0 radical (unpaired) electrons. The Morgan fingerprint density at radius 2 is 1.88 bits per heavy atom. The summed E-state index contributed by atoms with van der Waals surface area (Å²) in [6.45, 7) is 12.7. The third-order valence-corrected chi connectivity index (χ3v) is 4.33. The van der Waals surface area contributed by atoms with Crippen molar-refractivity contribution in [1.82, 2.24) is 9.78 Å². The Labute approximate surface area is 151 Å². The highest BCUT2D eigenvalue weighted by Crippen LogP contribution is 2.28. The van der Waals surface area contributed by atoms with Gasteiger partial charge in [-0.3, -0.25) is 4.79 Å². The highest BCUT2D eigenvalue weighted by molar-refractivity contribution is 5.90. The molecule has 0 fully saturated rings. The largest absolute Gasteiger partial charge is 0.311 e. The summed E-state index contributed by atoms with van der Waals surface area (Å²) in [5, 5.41) is 7.86. The Balaban J connectivity index is 2.37. The lowest BCUT2D eigenvalue weighted by molar-refractivity contribution is -0.116. The standard InChI is InChI=1S/C21H31N3O/c1-7-8-9-10-20(25)22-19-14-18(21(4,5)6)23-24(19)17-12-11-15(2)13-16(17)3/h11-14H,7-10H2,1-6H3,(H,22,25). The minimum atomic E-state index is -0.0778. The second-order valence-corrected chi connectivity index (χ2v) is 7.87. The number of anilines is 1. The van der Waals surface area contributed by atoms with Gasteiger partial charge in [0.2, 0.25) is 5.91 Å². The highest BCUT2D eigenvalue weighted by atomic mass is 16.1. The van der Waals surface area contributed by atoms with E-state index < -0.39 is 0 Å². The van der Waals surface area contributed by atoms with Crippen LogP contribution in [0.1, 0.15) is 70.2 Å². The summed E-state index contributed by atoms with van der Waals surface area (Å²) < 4.78 is 1.87. The van der Waals surface area contributed by atoms with Crippen molar-refractivity contribution in [3.05, 3.63) is 41.1 Å². The lowest BCUT2D eigenvalue weighted by Crippen LogP contribution is -2.15. The molecule has 1 N–H and O–H groups in total. The quantitative estimate of drug-likeness (QED) is 0.724. The average molecular weight is 341 g/mol. The molecule has 0 aliphatic rings. The summed E-state index contributed by atoms with van der Waals surface area (Å²) in [5.74, 6) is 0.804. The summed E-state index contributed by atoms with van der Waals surface area (Å²) in [6, 6.07) is 8.28. The maximum atomic E-state index is 12.3. The Morgan fingerprint density at radius 3 is 2.48 bits per heavy atom. The van der Waals surface area contributed by atoms with E-state index in [1.54, 1.807) is 0 Å². The summed E-state index contributed by atoms with van der Waals surface area (Å²) in [6.07, 6.45) is 3.67. The van der Waals surface area contributed by atoms with E-state index in [-0.39, 0.29) is 11.3 Å². The zero-order valence-corrected chi connectivity index (χ0v) is 16.4. The molecule has 2 aromatic rings. The van der Waals surface area contributed by atoms with Crippen LogP contribution in [0.2, 0.25) is 0 Å². The molecule has 0 atom stereocenters. The minimum absolute atomic E-state index is 0.0554. The molecule has 4 heteroatoms. The predicted molar refractivity (Wildman–Crippen MR) is 105 cm³/mol. The van der Waals surface area contributed by atoms with Gasteiger partial charge in [-0.25, -0.2) is 4.68 Å². The van der Waals surface area contributed by atoms with Crippen LogP contribution < -0.4 is 5.32 Å². The first-order valence-electron chi connectivity index (χ1n) is 9.20. The summed E-state index contributed by atoms with van der Waals surface area (Å²) in [4.78, 5) is 12.3. The Kier molecular flexibility index (Phi) is 6.04. The number of aryl methyl sites for hydroxylation is 2. The van der Waals surface area contributed by atoms with E-state index in [0.29, 0.717) is 6.42 Å². The molecule has 0 unspecified atom stereocenters. The van der Waals surface area contributed by atoms with Crippen LogP contribution in [0.25, 0.3) is 5.69 Å². The zero-order chi connectivity index (χ0) is 18.6. The van der Waals surface area contributed by atoms with E-state index >= 15 is 0 Å². The van der Waals surface area contributed by atoms with Crippen molar-refractivity contribution in [2.75, 3.05) is 5.32 Å². The van der Waals surface area contributed by atoms with Crippen molar-refractivity contribution >= 4 is 11.7 Å². The van der Waals surface area contributed by atoms with Crippen molar-refractivity contribution in [1.29, 1.82) is 0 Å². The number of rotatable bonds is 6. The van der Waals surface area contributed by atoms with E-state index in [4.69, 9.17) is 5.10 Å². The molecular formula is C21H31N3O. The molecule has 0 saturated heterocycles. The molecule has 1 amide bonds. The van der Waals surface area contributed by atoms with Crippen LogP contribution >= 0.6 is 0 Å². The number of hydrogen-bond acceptors (Lipinski definition) is 2. The summed E-state index contributed by atoms with van der Waals surface area (Å²) >= 11 is 0. The van der Waals surface area contributed by atoms with Crippen LogP contribution in [0.5, 0.6) is 0 Å². The van der Waals surface area contributed by atoms with Crippen LogP contribution in [-0.4, -0.2) is 15.7 Å². The minimum Gasteiger partial charge on any atom is -0.311 e. The molecule has 0 aliphatic heterocycles. The molecular weight excluding hydrogens is 310 g/mol. The number of benzene rings is 1. The summed E-state index contributed by atoms with van der Waals surface area (Å²) in [7, 11) is 0. The van der Waals surface area contributed by atoms with Crippen LogP contribution in [0.15, 0.2) is 24.3 Å². The maximum Gasteiger partial charge on any atom is 0.225 e. The third kappa shape index (κ3) is 4.94. The van der Waals surface area contributed by atoms with Gasteiger partial charge in [0.25, 0.3) is 0 Å². The van der Waals surface area contributed by atoms with Gasteiger partial charge in [-0.15, -0.1) is 0 Å². The third-order valence-electron chi connectivity index (χ3n) is 4.33. The van der Waals surface area contributed by atoms with Gasteiger partial charge in [0.1, 0.15) is 5.82 Å². The first-order valence-corrected chi connectivity index (χ1v) is 9.20. The van der Waals surface area contributed by atoms with Gasteiger partial charge in [0.05, 0.1) is 11.4 Å². The van der Waals surface area contributed by atoms with Crippen LogP contribution in [0, 0.1) is 13.8 Å². The second kappa shape index (κ2) is 7.85. The Hall–Kier alpha value is -2.10. The van der Waals surface area contributed by atoms with Crippen molar-refractivity contribution in [2.45, 2.75) is 72.6 Å². The van der Waals surface area contributed by atoms with Gasteiger partial charge in [0.15, 0.2) is 0 Å². The Bertz CT molecular complexity index is 738. The molecule has 25 heavy (non-hydrogen) atoms. The summed E-state index contributed by atoms with van der Waals surface area (Å²) in [5.41, 5.74) is 4.26. The van der Waals surface area contributed by atoms with Gasteiger partial charge in [0, 0.05) is 17.9 Å². The van der Waals surface area contributed by atoms with E-state index in [1.807, 2.05) is 10.7 Å².